The Morgan fingerprint density at radius 1 is 1.13 bits per heavy atom. The zero-order valence-electron chi connectivity index (χ0n) is 17.3. The van der Waals surface area contributed by atoms with E-state index in [4.69, 9.17) is 16.1 Å². The molecule has 7 nitrogen and oxygen atoms in total. The number of anilines is 2. The number of aromatic nitrogens is 1. The van der Waals surface area contributed by atoms with Crippen molar-refractivity contribution in [2.45, 2.75) is 32.1 Å². The molecule has 0 unspecified atom stereocenters. The fraction of sp³-hybridized carbons (Fsp3) is 0.182. The van der Waals surface area contributed by atoms with Crippen LogP contribution < -0.4 is 10.0 Å². The predicted octanol–water partition coefficient (Wildman–Crippen LogP) is 5.26. The number of carbonyl (C=O) groups excluding carboxylic acids is 1. The Hall–Kier alpha value is -3.10. The molecule has 0 fully saturated rings. The lowest BCUT2D eigenvalue weighted by Crippen LogP contribution is -2.13. The van der Waals surface area contributed by atoms with Gasteiger partial charge < -0.3 is 9.84 Å². The summed E-state index contributed by atoms with van der Waals surface area (Å²) in [6.45, 7) is 5.24. The van der Waals surface area contributed by atoms with Crippen molar-refractivity contribution in [1.29, 1.82) is 0 Å². The van der Waals surface area contributed by atoms with E-state index in [1.165, 1.54) is 12.1 Å². The molecule has 0 saturated heterocycles. The molecule has 3 aromatic rings. The van der Waals surface area contributed by atoms with Crippen LogP contribution in [0.1, 0.15) is 35.9 Å². The number of nitrogens with one attached hydrogen (secondary N) is 2. The van der Waals surface area contributed by atoms with Crippen LogP contribution in [0.25, 0.3) is 12.2 Å². The summed E-state index contributed by atoms with van der Waals surface area (Å²) in [5, 5.41) is 7.12. The quantitative estimate of drug-likeness (QED) is 0.501. The van der Waals surface area contributed by atoms with E-state index in [0.717, 1.165) is 5.56 Å². The molecule has 0 aliphatic rings. The van der Waals surface area contributed by atoms with Crippen LogP contribution in [0.5, 0.6) is 0 Å². The molecule has 1 amide bonds. The Morgan fingerprint density at radius 2 is 1.84 bits per heavy atom. The van der Waals surface area contributed by atoms with E-state index >= 15 is 0 Å². The maximum atomic E-state index is 12.7. The van der Waals surface area contributed by atoms with Gasteiger partial charge in [0.1, 0.15) is 11.4 Å². The molecule has 0 saturated carbocycles. The molecule has 0 spiro atoms. The standard InChI is InChI=1S/C22H22ClN3O4S/c1-4-21(27)24-22-15(3)25-30-20(22)13-10-16-8-11-17(12-9-16)31(28,29)26-19-7-5-6-18(23)14(19)2/h5-13,26H,4H2,1-3H3,(H,24,27). The first-order valence-corrected chi connectivity index (χ1v) is 11.4. The van der Waals surface area contributed by atoms with E-state index in [1.807, 2.05) is 0 Å². The Bertz CT molecular complexity index is 1230. The highest BCUT2D eigenvalue weighted by Crippen LogP contribution is 2.26. The Labute approximate surface area is 186 Å². The third-order valence-electron chi connectivity index (χ3n) is 4.60. The molecule has 1 heterocycles. The van der Waals surface area contributed by atoms with Crippen LogP contribution in [-0.2, 0) is 14.8 Å². The van der Waals surface area contributed by atoms with Gasteiger partial charge in [-0.25, -0.2) is 8.42 Å². The molecule has 2 aromatic carbocycles. The maximum Gasteiger partial charge on any atom is 0.261 e. The van der Waals surface area contributed by atoms with Gasteiger partial charge in [-0.3, -0.25) is 9.52 Å². The normalized spacial score (nSPS) is 11.6. The van der Waals surface area contributed by atoms with Gasteiger partial charge in [-0.2, -0.15) is 0 Å². The van der Waals surface area contributed by atoms with Crippen molar-refractivity contribution in [3.05, 3.63) is 70.1 Å². The summed E-state index contributed by atoms with van der Waals surface area (Å²) >= 11 is 6.07. The first-order valence-electron chi connectivity index (χ1n) is 9.53. The van der Waals surface area contributed by atoms with Gasteiger partial charge in [0.15, 0.2) is 5.76 Å². The number of hydrogen-bond donors (Lipinski definition) is 2. The molecule has 0 bridgehead atoms. The number of nitrogens with zero attached hydrogens (tertiary/aromatic N) is 1. The molecule has 9 heteroatoms. The zero-order chi connectivity index (χ0) is 22.6. The van der Waals surface area contributed by atoms with Gasteiger partial charge in [0, 0.05) is 11.4 Å². The highest BCUT2D eigenvalue weighted by Gasteiger charge is 2.16. The van der Waals surface area contributed by atoms with E-state index in [0.29, 0.717) is 39.8 Å². The minimum absolute atomic E-state index is 0.121. The second-order valence-corrected chi connectivity index (χ2v) is 8.92. The smallest absolute Gasteiger partial charge is 0.261 e. The molecule has 3 rings (SSSR count). The number of aryl methyl sites for hydroxylation is 1. The van der Waals surface area contributed by atoms with E-state index < -0.39 is 10.0 Å². The number of hydrogen-bond acceptors (Lipinski definition) is 5. The van der Waals surface area contributed by atoms with E-state index in [2.05, 4.69) is 15.2 Å². The van der Waals surface area contributed by atoms with Crippen molar-refractivity contribution in [1.82, 2.24) is 5.16 Å². The molecule has 2 N–H and O–H groups in total. The maximum absolute atomic E-state index is 12.7. The Kier molecular flexibility index (Phi) is 6.82. The lowest BCUT2D eigenvalue weighted by molar-refractivity contribution is -0.115. The minimum atomic E-state index is -3.76. The van der Waals surface area contributed by atoms with Gasteiger partial charge in [0.25, 0.3) is 10.0 Å². The van der Waals surface area contributed by atoms with Gasteiger partial charge in [0.05, 0.1) is 10.6 Å². The summed E-state index contributed by atoms with van der Waals surface area (Å²) < 4.78 is 33.2. The highest BCUT2D eigenvalue weighted by atomic mass is 35.5. The Morgan fingerprint density at radius 3 is 2.52 bits per heavy atom. The summed E-state index contributed by atoms with van der Waals surface area (Å²) in [7, 11) is -3.76. The van der Waals surface area contributed by atoms with Crippen LogP contribution in [-0.4, -0.2) is 19.5 Å². The molecule has 0 radical (unpaired) electrons. The zero-order valence-corrected chi connectivity index (χ0v) is 18.8. The third kappa shape index (κ3) is 5.34. The second-order valence-electron chi connectivity index (χ2n) is 6.83. The molecule has 0 aliphatic heterocycles. The van der Waals surface area contributed by atoms with Crippen molar-refractivity contribution >= 4 is 51.1 Å². The largest absolute Gasteiger partial charge is 0.354 e. The van der Waals surface area contributed by atoms with Gasteiger partial charge in [-0.1, -0.05) is 48.0 Å². The van der Waals surface area contributed by atoms with Crippen molar-refractivity contribution in [2.24, 2.45) is 0 Å². The summed E-state index contributed by atoms with van der Waals surface area (Å²) in [6, 6.07) is 11.4. The molecule has 31 heavy (non-hydrogen) atoms. The van der Waals surface area contributed by atoms with Crippen LogP contribution in [0.4, 0.5) is 11.4 Å². The van der Waals surface area contributed by atoms with Crippen LogP contribution in [0.15, 0.2) is 51.9 Å². The van der Waals surface area contributed by atoms with Gasteiger partial charge in [-0.05, 0) is 55.3 Å². The van der Waals surface area contributed by atoms with Crippen molar-refractivity contribution in [2.75, 3.05) is 10.0 Å². The van der Waals surface area contributed by atoms with Gasteiger partial charge >= 0.3 is 0 Å². The lowest BCUT2D eigenvalue weighted by Gasteiger charge is -2.11. The highest BCUT2D eigenvalue weighted by molar-refractivity contribution is 7.92. The number of sulfonamides is 1. The molecule has 0 atom stereocenters. The molecule has 0 aliphatic carbocycles. The molecule has 162 valence electrons. The molecular weight excluding hydrogens is 438 g/mol. The van der Waals surface area contributed by atoms with E-state index in [1.54, 1.807) is 63.3 Å². The molecular formula is C22H22ClN3O4S. The van der Waals surface area contributed by atoms with E-state index in [9.17, 15) is 13.2 Å². The van der Waals surface area contributed by atoms with Gasteiger partial charge in [0.2, 0.25) is 5.91 Å². The Balaban J connectivity index is 1.78. The first kappa shape index (κ1) is 22.6. The topological polar surface area (TPSA) is 101 Å². The van der Waals surface area contributed by atoms with Gasteiger partial charge in [-0.15, -0.1) is 0 Å². The van der Waals surface area contributed by atoms with Crippen LogP contribution in [0.2, 0.25) is 5.02 Å². The van der Waals surface area contributed by atoms with E-state index in [-0.39, 0.29) is 10.8 Å². The second kappa shape index (κ2) is 9.36. The summed E-state index contributed by atoms with van der Waals surface area (Å²) in [5.74, 6) is 0.270. The average Bonchev–Trinajstić information content (AvgIpc) is 3.09. The third-order valence-corrected chi connectivity index (χ3v) is 6.40. The molecule has 1 aromatic heterocycles. The number of carbonyl (C=O) groups is 1. The van der Waals surface area contributed by atoms with Crippen molar-refractivity contribution < 1.29 is 17.7 Å². The van der Waals surface area contributed by atoms with Crippen molar-refractivity contribution in [3.63, 3.8) is 0 Å². The number of rotatable bonds is 7. The fourth-order valence-electron chi connectivity index (χ4n) is 2.73. The summed E-state index contributed by atoms with van der Waals surface area (Å²) in [5.41, 5.74) is 2.92. The monoisotopic (exact) mass is 459 g/mol. The van der Waals surface area contributed by atoms with Crippen LogP contribution in [0, 0.1) is 13.8 Å². The number of halogens is 1. The summed E-state index contributed by atoms with van der Waals surface area (Å²) in [6.07, 6.45) is 3.75. The first-order chi connectivity index (χ1) is 14.7. The average molecular weight is 460 g/mol. The summed E-state index contributed by atoms with van der Waals surface area (Å²) in [4.78, 5) is 11.8. The SMILES string of the molecule is CCC(=O)Nc1c(C)noc1C=Cc1ccc(S(=O)(=O)Nc2cccc(Cl)c2C)cc1. The minimum Gasteiger partial charge on any atom is -0.354 e. The number of benzene rings is 2. The number of amides is 1. The predicted molar refractivity (Wildman–Crippen MR) is 123 cm³/mol. The fourth-order valence-corrected chi connectivity index (χ4v) is 4.03. The van der Waals surface area contributed by atoms with Crippen molar-refractivity contribution in [3.8, 4) is 0 Å². The van der Waals surface area contributed by atoms with Crippen LogP contribution >= 0.6 is 11.6 Å². The lowest BCUT2D eigenvalue weighted by atomic mass is 10.2. The van der Waals surface area contributed by atoms with Crippen LogP contribution in [0.3, 0.4) is 0 Å².